The Bertz CT molecular complexity index is 1500. The molecule has 40 heavy (non-hydrogen) atoms. The molecule has 0 radical (unpaired) electrons. The van der Waals surface area contributed by atoms with Crippen LogP contribution in [0.15, 0.2) is 35.4 Å². The molecule has 0 saturated carbocycles. The van der Waals surface area contributed by atoms with Crippen LogP contribution in [0.2, 0.25) is 0 Å². The summed E-state index contributed by atoms with van der Waals surface area (Å²) in [6, 6.07) is 6.20. The van der Waals surface area contributed by atoms with Gasteiger partial charge in [-0.05, 0) is 87.5 Å². The summed E-state index contributed by atoms with van der Waals surface area (Å²) in [6.45, 7) is 5.56. The molecule has 1 amide bonds. The third-order valence-electron chi connectivity index (χ3n) is 9.35. The number of likely N-dealkylation sites (tertiary alicyclic amines) is 2. The molecule has 2 aliphatic carbocycles. The van der Waals surface area contributed by atoms with Crippen molar-refractivity contribution in [1.82, 2.24) is 14.8 Å². The average Bonchev–Trinajstić information content (AvgIpc) is 3.34. The molecule has 208 valence electrons. The molecular formula is C31H33N3O6. The van der Waals surface area contributed by atoms with E-state index < -0.39 is 18.0 Å². The van der Waals surface area contributed by atoms with E-state index in [9.17, 15) is 19.5 Å². The molecule has 2 saturated heterocycles. The number of aliphatic hydroxyl groups is 1. The zero-order valence-corrected chi connectivity index (χ0v) is 22.6. The number of amides is 1. The number of aryl methyl sites for hydroxylation is 1. The van der Waals surface area contributed by atoms with Crippen molar-refractivity contribution in [3.63, 3.8) is 0 Å². The van der Waals surface area contributed by atoms with Gasteiger partial charge in [0.25, 0.3) is 0 Å². The number of Topliss-reactive ketones (excluding diaryl/α,β-unsaturated/α-hetero) is 1. The lowest BCUT2D eigenvalue weighted by Gasteiger charge is -2.39. The number of nitrogens with zero attached hydrogens (tertiary/aromatic N) is 3. The van der Waals surface area contributed by atoms with Crippen LogP contribution in [-0.4, -0.2) is 82.7 Å². The summed E-state index contributed by atoms with van der Waals surface area (Å²) in [5.74, 6) is -0.765. The standard InChI is InChI=1S/C31H33N3O6/c1-17-20-13-18-14-22-21(15-23-24(28(22)35)16-39-30(37)29(23)36)27(18)32-25(20)5-6-26(17)40-31(38)34-11-7-19(8-12-34)33-9-3-2-4-10-33/h5-6,13,15,19,22,29,36H,2-4,7-12,14,16H2,1H3. The van der Waals surface area contributed by atoms with E-state index in [2.05, 4.69) is 4.90 Å². The number of ether oxygens (including phenoxy) is 2. The Kier molecular flexibility index (Phi) is 6.24. The molecule has 1 aromatic heterocycles. The Morgan fingerprint density at radius 3 is 2.65 bits per heavy atom. The first-order valence-corrected chi connectivity index (χ1v) is 14.4. The second-order valence-corrected chi connectivity index (χ2v) is 11.6. The molecule has 0 bridgehead atoms. The molecule has 4 heterocycles. The molecule has 2 atom stereocenters. The fourth-order valence-corrected chi connectivity index (χ4v) is 7.03. The third-order valence-corrected chi connectivity index (χ3v) is 9.35. The molecule has 2 fully saturated rings. The number of carbonyl (C=O) groups is 3. The third kappa shape index (κ3) is 4.14. The van der Waals surface area contributed by atoms with Crippen LogP contribution in [0.4, 0.5) is 4.79 Å². The number of piperidine rings is 2. The maximum absolute atomic E-state index is 13.3. The highest BCUT2D eigenvalue weighted by atomic mass is 16.6. The van der Waals surface area contributed by atoms with E-state index in [1.165, 1.54) is 32.4 Å². The predicted molar refractivity (Wildman–Crippen MR) is 147 cm³/mol. The fourth-order valence-electron chi connectivity index (χ4n) is 7.03. The van der Waals surface area contributed by atoms with Crippen LogP contribution in [0.3, 0.4) is 0 Å². The van der Waals surface area contributed by atoms with E-state index in [0.717, 1.165) is 40.4 Å². The monoisotopic (exact) mass is 543 g/mol. The van der Waals surface area contributed by atoms with Gasteiger partial charge in [0.05, 0.1) is 17.1 Å². The van der Waals surface area contributed by atoms with Crippen LogP contribution in [0.25, 0.3) is 16.5 Å². The largest absolute Gasteiger partial charge is 0.458 e. The lowest BCUT2D eigenvalue weighted by molar-refractivity contribution is -0.152. The lowest BCUT2D eigenvalue weighted by atomic mass is 9.81. The van der Waals surface area contributed by atoms with Gasteiger partial charge in [-0.15, -0.1) is 0 Å². The van der Waals surface area contributed by atoms with E-state index >= 15 is 0 Å². The van der Waals surface area contributed by atoms with Gasteiger partial charge in [-0.2, -0.15) is 0 Å². The Morgan fingerprint density at radius 2 is 1.88 bits per heavy atom. The van der Waals surface area contributed by atoms with Crippen molar-refractivity contribution in [1.29, 1.82) is 0 Å². The summed E-state index contributed by atoms with van der Waals surface area (Å²) in [4.78, 5) is 47.5. The Balaban J connectivity index is 1.10. The molecule has 5 aliphatic rings. The van der Waals surface area contributed by atoms with Crippen LogP contribution in [0, 0.1) is 12.8 Å². The number of cyclic esters (lactones) is 1. The zero-order valence-electron chi connectivity index (χ0n) is 22.6. The molecule has 1 N–H and O–H groups in total. The van der Waals surface area contributed by atoms with E-state index in [1.54, 1.807) is 12.1 Å². The van der Waals surface area contributed by atoms with Crippen LogP contribution >= 0.6 is 0 Å². The number of aromatic nitrogens is 1. The van der Waals surface area contributed by atoms with Gasteiger partial charge in [-0.3, -0.25) is 4.79 Å². The Labute approximate surface area is 232 Å². The molecule has 7 rings (SSSR count). The number of carbonyl (C=O) groups excluding carboxylic acids is 3. The normalized spacial score (nSPS) is 25.4. The summed E-state index contributed by atoms with van der Waals surface area (Å²) in [5.41, 5.74) is 4.61. The van der Waals surface area contributed by atoms with Gasteiger partial charge in [-0.1, -0.05) is 6.42 Å². The molecule has 3 aliphatic heterocycles. The van der Waals surface area contributed by atoms with Gasteiger partial charge < -0.3 is 24.4 Å². The highest BCUT2D eigenvalue weighted by Gasteiger charge is 2.43. The first-order chi connectivity index (χ1) is 19.4. The Morgan fingerprint density at radius 1 is 1.10 bits per heavy atom. The zero-order chi connectivity index (χ0) is 27.5. The highest BCUT2D eigenvalue weighted by Crippen LogP contribution is 2.45. The van der Waals surface area contributed by atoms with E-state index in [0.29, 0.717) is 48.1 Å². The Hall–Kier alpha value is -3.56. The number of aliphatic hydroxyl groups excluding tert-OH is 1. The van der Waals surface area contributed by atoms with E-state index in [1.807, 2.05) is 24.0 Å². The number of ketones is 1. The van der Waals surface area contributed by atoms with Crippen molar-refractivity contribution in [2.75, 3.05) is 32.8 Å². The average molecular weight is 544 g/mol. The smallest absolute Gasteiger partial charge is 0.415 e. The van der Waals surface area contributed by atoms with Crippen LogP contribution < -0.4 is 4.74 Å². The minimum Gasteiger partial charge on any atom is -0.458 e. The summed E-state index contributed by atoms with van der Waals surface area (Å²) >= 11 is 0. The first kappa shape index (κ1) is 25.4. The number of fused-ring (bicyclic) bond motifs is 4. The molecule has 0 spiro atoms. The van der Waals surface area contributed by atoms with Crippen LogP contribution in [0.5, 0.6) is 5.75 Å². The summed E-state index contributed by atoms with van der Waals surface area (Å²) in [7, 11) is 0. The van der Waals surface area contributed by atoms with Gasteiger partial charge in [0, 0.05) is 41.2 Å². The number of rotatable bonds is 2. The van der Waals surface area contributed by atoms with Crippen molar-refractivity contribution < 1.29 is 29.0 Å². The fraction of sp³-hybridized carbons (Fsp3) is 0.484. The summed E-state index contributed by atoms with van der Waals surface area (Å²) in [6.07, 6.45) is 6.28. The van der Waals surface area contributed by atoms with Gasteiger partial charge in [0.15, 0.2) is 11.9 Å². The SMILES string of the molecule is Cc1c(OC(=O)N2CCC(N3CCCCC3)CC2)ccc2nc3c(cc12)CC1C(=O)C2=C(C=C31)C(O)C(=O)OC2. The minimum atomic E-state index is -1.46. The second kappa shape index (κ2) is 9.82. The summed E-state index contributed by atoms with van der Waals surface area (Å²) < 4.78 is 10.9. The summed E-state index contributed by atoms with van der Waals surface area (Å²) in [5, 5.41) is 11.2. The molecule has 9 nitrogen and oxygen atoms in total. The van der Waals surface area contributed by atoms with Crippen molar-refractivity contribution in [2.24, 2.45) is 5.92 Å². The molecule has 1 aromatic carbocycles. The van der Waals surface area contributed by atoms with E-state index in [-0.39, 0.29) is 18.5 Å². The van der Waals surface area contributed by atoms with Gasteiger partial charge in [-0.25, -0.2) is 14.6 Å². The first-order valence-electron chi connectivity index (χ1n) is 14.4. The molecular weight excluding hydrogens is 510 g/mol. The van der Waals surface area contributed by atoms with Crippen molar-refractivity contribution >= 4 is 34.3 Å². The molecule has 9 heteroatoms. The molecule has 2 aromatic rings. The highest BCUT2D eigenvalue weighted by molar-refractivity contribution is 6.11. The van der Waals surface area contributed by atoms with Gasteiger partial charge in [0.2, 0.25) is 0 Å². The number of hydrogen-bond donors (Lipinski definition) is 1. The maximum Gasteiger partial charge on any atom is 0.415 e. The predicted octanol–water partition coefficient (Wildman–Crippen LogP) is 3.35. The molecule has 2 unspecified atom stereocenters. The maximum atomic E-state index is 13.3. The van der Waals surface area contributed by atoms with Crippen LogP contribution in [0.1, 0.15) is 48.9 Å². The number of allylic oxidation sites excluding steroid dienone is 1. The second-order valence-electron chi connectivity index (χ2n) is 11.6. The van der Waals surface area contributed by atoms with Crippen LogP contribution in [-0.2, 0) is 20.7 Å². The number of esters is 1. The number of pyridine rings is 1. The quantitative estimate of drug-likeness (QED) is 0.575. The van der Waals surface area contributed by atoms with Crippen molar-refractivity contribution in [2.45, 2.75) is 57.6 Å². The topological polar surface area (TPSA) is 109 Å². The number of hydrogen-bond acceptors (Lipinski definition) is 8. The van der Waals surface area contributed by atoms with Crippen molar-refractivity contribution in [3.8, 4) is 5.75 Å². The lowest BCUT2D eigenvalue weighted by Crippen LogP contribution is -2.48. The van der Waals surface area contributed by atoms with Gasteiger partial charge in [0.1, 0.15) is 12.4 Å². The van der Waals surface area contributed by atoms with Gasteiger partial charge >= 0.3 is 12.1 Å². The van der Waals surface area contributed by atoms with E-state index in [4.69, 9.17) is 14.5 Å². The minimum absolute atomic E-state index is 0.111. The van der Waals surface area contributed by atoms with Crippen molar-refractivity contribution in [3.05, 3.63) is 52.2 Å². The number of benzene rings is 1.